The fourth-order valence-electron chi connectivity index (χ4n) is 12.3. The lowest BCUT2D eigenvalue weighted by Gasteiger charge is -2.38. The number of aromatic carboxylic acids is 1. The van der Waals surface area contributed by atoms with E-state index in [9.17, 15) is 54.0 Å². The van der Waals surface area contributed by atoms with Crippen molar-refractivity contribution in [1.82, 2.24) is 28.0 Å². The lowest BCUT2D eigenvalue weighted by Crippen LogP contribution is -2.55. The van der Waals surface area contributed by atoms with Crippen LogP contribution < -0.4 is 11.1 Å². The number of nitrogens with one attached hydrogen (secondary N) is 1. The Balaban J connectivity index is 0.000000156. The lowest BCUT2D eigenvalue weighted by atomic mass is 9.99. The lowest BCUT2D eigenvalue weighted by molar-refractivity contribution is -0.131. The van der Waals surface area contributed by atoms with Crippen LogP contribution in [0.1, 0.15) is 119 Å². The molecule has 5 aromatic carbocycles. The molecule has 540 valence electrons. The summed E-state index contributed by atoms with van der Waals surface area (Å²) in [6.07, 6.45) is 8.65. The van der Waals surface area contributed by atoms with Crippen LogP contribution in [0.25, 0.3) is 0 Å². The van der Waals surface area contributed by atoms with Gasteiger partial charge in [-0.3, -0.25) is 24.0 Å². The predicted octanol–water partition coefficient (Wildman–Crippen LogP) is 7.83. The number of nitrogens with two attached hydrogens (primary N) is 1. The van der Waals surface area contributed by atoms with Crippen LogP contribution in [0.3, 0.4) is 0 Å². The number of carboxylic acid groups (broad SMARTS) is 1. The molecule has 9 fully saturated rings. The van der Waals surface area contributed by atoms with E-state index in [0.717, 1.165) is 69.1 Å². The molecule has 14 rings (SSSR count). The molecule has 0 bridgehead atoms. The average Bonchev–Trinajstić information content (AvgIpc) is 1.57. The van der Waals surface area contributed by atoms with Crippen molar-refractivity contribution in [2.45, 2.75) is 136 Å². The summed E-state index contributed by atoms with van der Waals surface area (Å²) in [6, 6.07) is 32.4. The van der Waals surface area contributed by atoms with Gasteiger partial charge in [0, 0.05) is 89.1 Å². The molecular formula is C73H96AlN7O16S3. The van der Waals surface area contributed by atoms with Crippen molar-refractivity contribution in [2.75, 3.05) is 92.0 Å². The number of ketones is 2. The first kappa shape index (κ1) is 77.6. The number of hydrogen-bond acceptors (Lipinski definition) is 16. The second kappa shape index (κ2) is 33.2. The fourth-order valence-corrected chi connectivity index (χ4v) is 17.4. The zero-order valence-corrected chi connectivity index (χ0v) is 62.0. The maximum atomic E-state index is 13.4. The number of ether oxygens (including phenoxy) is 3. The number of aryl methyl sites for hydroxylation is 2. The second-order valence-corrected chi connectivity index (χ2v) is 37.9. The SMILES string of the molecule is CC(=O)[C@@H]1CCCOC1.CC(=O)[C@H]1COCCN1C(=O)c1cccc(S(=O)(=O)N2CC3(CC3)C2)c1.Cc1ccc(CN)cc1.Cc1ccc(CNC(=O)[C@H]2COCCN2C(=O)c2cccc(S(=O)(=O)N3CC4(CC4)C3)c2)cc1.O=C(O)c1cccc(S(=O)(=O)N2CC3(CC3)C2)c1.[CH3][Al]([CH3])[CH3]. The topological polar surface area (TPSA) is 307 Å². The van der Waals surface area contributed by atoms with E-state index in [1.807, 2.05) is 31.2 Å². The molecule has 0 aromatic heterocycles. The number of amides is 3. The highest BCUT2D eigenvalue weighted by Crippen LogP contribution is 2.56. The molecule has 9 aliphatic rings. The van der Waals surface area contributed by atoms with Crippen LogP contribution in [0.15, 0.2) is 136 Å². The molecule has 6 heterocycles. The Morgan fingerprint density at radius 3 is 1.24 bits per heavy atom. The van der Waals surface area contributed by atoms with Crippen LogP contribution >= 0.6 is 0 Å². The van der Waals surface area contributed by atoms with Crippen LogP contribution in [0, 0.1) is 36.0 Å². The quantitative estimate of drug-likeness (QED) is 0.0841. The van der Waals surface area contributed by atoms with Gasteiger partial charge in [-0.1, -0.05) is 77.9 Å². The second-order valence-electron chi connectivity index (χ2n) is 28.6. The minimum atomic E-state index is -3.63. The summed E-state index contributed by atoms with van der Waals surface area (Å²) >= 11 is -0.139. The molecule has 0 unspecified atom stereocenters. The molecule has 3 spiro atoms. The average molecular weight is 1450 g/mol. The maximum Gasteiger partial charge on any atom is 0.335 e. The number of sulfonamides is 3. The van der Waals surface area contributed by atoms with E-state index in [1.165, 1.54) is 89.3 Å². The van der Waals surface area contributed by atoms with Crippen LogP contribution in [-0.4, -0.2) is 207 Å². The summed E-state index contributed by atoms with van der Waals surface area (Å²) in [7, 11) is -10.7. The zero-order valence-electron chi connectivity index (χ0n) is 58.4. The predicted molar refractivity (Wildman–Crippen MR) is 379 cm³/mol. The monoisotopic (exact) mass is 1450 g/mol. The third-order valence-electron chi connectivity index (χ3n) is 19.3. The molecule has 3 amide bonds. The van der Waals surface area contributed by atoms with Crippen molar-refractivity contribution in [3.05, 3.63) is 160 Å². The minimum Gasteiger partial charge on any atom is -0.478 e. The molecule has 4 N–H and O–H groups in total. The van der Waals surface area contributed by atoms with Crippen molar-refractivity contribution >= 4 is 79.5 Å². The van der Waals surface area contributed by atoms with Gasteiger partial charge in [-0.25, -0.2) is 30.0 Å². The third-order valence-corrected chi connectivity index (χ3v) is 24.7. The fraction of sp³-hybridized carbons (Fsp3) is 0.507. The van der Waals surface area contributed by atoms with Crippen molar-refractivity contribution in [2.24, 2.45) is 27.9 Å². The van der Waals surface area contributed by atoms with Gasteiger partial charge >= 0.3 is 5.97 Å². The van der Waals surface area contributed by atoms with Gasteiger partial charge in [0.05, 0.1) is 53.3 Å². The summed E-state index contributed by atoms with van der Waals surface area (Å²) in [5.74, 6) is 5.11. The summed E-state index contributed by atoms with van der Waals surface area (Å²) in [6.45, 7) is 14.5. The Hall–Kier alpha value is -6.58. The molecule has 0 radical (unpaired) electrons. The van der Waals surface area contributed by atoms with Crippen molar-refractivity contribution < 1.29 is 73.3 Å². The summed E-state index contributed by atoms with van der Waals surface area (Å²) < 4.78 is 96.4. The molecule has 3 aliphatic carbocycles. The number of rotatable bonds is 15. The standard InChI is InChI=1S/C25H29N3O5S.C18H22N2O5S.C12H13NO4S.C8H11N.C7H12O2.3CH3.Al/c1-18-5-7-19(8-6-18)14-26-23(29)22-15-33-12-11-28(22)24(30)20-3-2-4-21(13-20)34(31,32)27-16-25(17-27)9-10-25;1-13(21)16-10-25-8-7-20(16)17(22)14-3-2-4-15(9-14)26(23,24)19-11-18(12-19)5-6-18;14-11(15)9-2-1-3-10(6-9)18(16,17)13-7-12(8-13)4-5-12;1-7-2-4-8(6-9)5-3-7;1-6(8)7-3-2-4-9-5-7;;;;/h2-8,13,22H,9-12,14-17H2,1H3,(H,26,29);2-4,9,16H,5-8,10-12H2,1H3;1-3,6H,4-5,7-8H2,(H,14,15);2-5H,6,9H2,1H3;7H,2-5H2,1H3;3*1H3;/t22-;16-;;;7-;;;;/m11..1..../s1. The first-order valence-electron chi connectivity index (χ1n) is 34.4. The van der Waals surface area contributed by atoms with Gasteiger partial charge in [-0.05, 0) is 161 Å². The zero-order chi connectivity index (χ0) is 72.4. The Kier molecular flexibility index (Phi) is 25.8. The van der Waals surface area contributed by atoms with E-state index in [2.05, 4.69) is 53.9 Å². The third kappa shape index (κ3) is 20.0. The van der Waals surface area contributed by atoms with E-state index >= 15 is 0 Å². The number of carbonyl (C=O) groups is 6. The van der Waals surface area contributed by atoms with Gasteiger partial charge in [0.1, 0.15) is 17.9 Å². The first-order valence-corrected chi connectivity index (χ1v) is 42.2. The molecule has 6 aliphatic heterocycles. The number of benzene rings is 5. The van der Waals surface area contributed by atoms with E-state index in [1.54, 1.807) is 31.2 Å². The molecule has 23 nitrogen and oxygen atoms in total. The maximum absolute atomic E-state index is 13.4. The van der Waals surface area contributed by atoms with Gasteiger partial charge in [-0.15, -0.1) is 17.4 Å². The molecule has 3 saturated carbocycles. The summed E-state index contributed by atoms with van der Waals surface area (Å²) in [5, 5.41) is 11.8. The van der Waals surface area contributed by atoms with Crippen molar-refractivity contribution in [3.63, 3.8) is 0 Å². The Labute approximate surface area is 593 Å². The van der Waals surface area contributed by atoms with Crippen LogP contribution in [0.5, 0.6) is 0 Å². The van der Waals surface area contributed by atoms with E-state index in [4.69, 9.17) is 25.1 Å². The highest BCUT2D eigenvalue weighted by atomic mass is 32.2. The van der Waals surface area contributed by atoms with Crippen LogP contribution in [-0.2, 0) is 71.8 Å². The molecule has 6 saturated heterocycles. The first-order chi connectivity index (χ1) is 47.4. The van der Waals surface area contributed by atoms with Gasteiger partial charge < -0.3 is 40.2 Å². The smallest absolute Gasteiger partial charge is 0.335 e. The van der Waals surface area contributed by atoms with E-state index in [0.29, 0.717) is 78.7 Å². The number of morpholine rings is 2. The van der Waals surface area contributed by atoms with E-state index in [-0.39, 0.29) is 117 Å². The molecule has 3 atom stereocenters. The Morgan fingerprint density at radius 1 is 0.520 bits per heavy atom. The van der Waals surface area contributed by atoms with Crippen LogP contribution in [0.2, 0.25) is 17.4 Å². The Morgan fingerprint density at radius 2 is 0.890 bits per heavy atom. The van der Waals surface area contributed by atoms with Gasteiger partial charge in [-0.2, -0.15) is 12.9 Å². The number of carboxylic acids is 1. The van der Waals surface area contributed by atoms with Gasteiger partial charge in [0.25, 0.3) is 26.0 Å². The summed E-state index contributed by atoms with van der Waals surface area (Å²) in [4.78, 5) is 75.8. The molecular weight excluding hydrogens is 1350 g/mol. The number of Topliss-reactive ketones (excluding diaryl/α,β-unsaturated/α-hetero) is 2. The minimum absolute atomic E-state index is 0.00210. The highest BCUT2D eigenvalue weighted by molar-refractivity contribution is 7.89. The molecule has 100 heavy (non-hydrogen) atoms. The number of carbonyl (C=O) groups excluding carboxylic acids is 5. The largest absolute Gasteiger partial charge is 0.478 e. The Bertz CT molecular complexity index is 4080. The summed E-state index contributed by atoms with van der Waals surface area (Å²) in [5.41, 5.74) is 11.2. The molecule has 5 aromatic rings. The normalized spacial score (nSPS) is 21.4. The van der Waals surface area contributed by atoms with Crippen molar-refractivity contribution in [1.29, 1.82) is 0 Å². The van der Waals surface area contributed by atoms with Crippen LogP contribution in [0.4, 0.5) is 0 Å². The van der Waals surface area contributed by atoms with Gasteiger partial charge in [0.2, 0.25) is 36.0 Å². The number of hydrogen-bond donors (Lipinski definition) is 3. The molecule has 27 heteroatoms. The van der Waals surface area contributed by atoms with E-state index < -0.39 is 48.1 Å². The van der Waals surface area contributed by atoms with Crippen molar-refractivity contribution in [3.8, 4) is 0 Å². The van der Waals surface area contributed by atoms with Gasteiger partial charge in [0.15, 0.2) is 5.78 Å². The highest BCUT2D eigenvalue weighted by Gasteiger charge is 2.58. The number of nitrogens with zero attached hydrogens (tertiary/aromatic N) is 5.